The van der Waals surface area contributed by atoms with Crippen molar-refractivity contribution in [2.45, 2.75) is 26.7 Å². The molecule has 2 aromatic rings. The van der Waals surface area contributed by atoms with E-state index in [1.165, 1.54) is 0 Å². The van der Waals surface area contributed by atoms with Crippen molar-refractivity contribution in [3.8, 4) is 5.75 Å². The van der Waals surface area contributed by atoms with Crippen molar-refractivity contribution in [2.75, 3.05) is 25.5 Å². The molecule has 0 bridgehead atoms. The molecule has 1 saturated carbocycles. The average molecular weight is 366 g/mol. The quantitative estimate of drug-likeness (QED) is 0.811. The molecular formula is C22H26N2O3. The van der Waals surface area contributed by atoms with E-state index in [9.17, 15) is 9.59 Å². The number of carbonyl (C=O) groups is 2. The number of benzene rings is 2. The summed E-state index contributed by atoms with van der Waals surface area (Å²) in [5.74, 6) is 0.979. The van der Waals surface area contributed by atoms with Gasteiger partial charge in [-0.15, -0.1) is 0 Å². The third kappa shape index (κ3) is 5.33. The minimum Gasteiger partial charge on any atom is -0.492 e. The van der Waals surface area contributed by atoms with E-state index in [-0.39, 0.29) is 17.7 Å². The minimum atomic E-state index is -0.0703. The fraction of sp³-hybridized carbons (Fsp3) is 0.364. The van der Waals surface area contributed by atoms with Crippen molar-refractivity contribution in [3.05, 3.63) is 59.2 Å². The van der Waals surface area contributed by atoms with Gasteiger partial charge in [-0.2, -0.15) is 0 Å². The Morgan fingerprint density at radius 3 is 2.30 bits per heavy atom. The Morgan fingerprint density at radius 2 is 1.70 bits per heavy atom. The smallest absolute Gasteiger partial charge is 0.253 e. The van der Waals surface area contributed by atoms with Crippen molar-refractivity contribution in [1.29, 1.82) is 0 Å². The van der Waals surface area contributed by atoms with Gasteiger partial charge in [-0.3, -0.25) is 9.59 Å². The molecule has 3 rings (SSSR count). The molecule has 0 unspecified atom stereocenters. The number of likely N-dealkylation sites (N-methyl/N-ethyl adjacent to an activating group) is 1. The van der Waals surface area contributed by atoms with E-state index in [1.54, 1.807) is 36.2 Å². The van der Waals surface area contributed by atoms with Gasteiger partial charge in [0, 0.05) is 24.2 Å². The zero-order valence-corrected chi connectivity index (χ0v) is 16.1. The second-order valence-corrected chi connectivity index (χ2v) is 7.24. The van der Waals surface area contributed by atoms with Gasteiger partial charge in [-0.1, -0.05) is 6.07 Å². The minimum absolute atomic E-state index is 0.0646. The first kappa shape index (κ1) is 19.0. The Labute approximate surface area is 160 Å². The van der Waals surface area contributed by atoms with Gasteiger partial charge >= 0.3 is 0 Å². The van der Waals surface area contributed by atoms with Crippen LogP contribution in [0.15, 0.2) is 42.5 Å². The van der Waals surface area contributed by atoms with Crippen molar-refractivity contribution >= 4 is 17.5 Å². The number of rotatable bonds is 7. The fourth-order valence-corrected chi connectivity index (χ4v) is 2.92. The highest BCUT2D eigenvalue weighted by Crippen LogP contribution is 2.30. The van der Waals surface area contributed by atoms with E-state index in [0.29, 0.717) is 18.7 Å². The number of amides is 2. The molecule has 27 heavy (non-hydrogen) atoms. The molecule has 1 N–H and O–H groups in total. The topological polar surface area (TPSA) is 58.6 Å². The predicted molar refractivity (Wildman–Crippen MR) is 106 cm³/mol. The number of ether oxygens (including phenoxy) is 1. The molecule has 142 valence electrons. The molecule has 0 radical (unpaired) electrons. The molecule has 5 heteroatoms. The monoisotopic (exact) mass is 366 g/mol. The molecule has 0 spiro atoms. The van der Waals surface area contributed by atoms with Gasteiger partial charge in [-0.25, -0.2) is 0 Å². The van der Waals surface area contributed by atoms with Gasteiger partial charge in [0.1, 0.15) is 12.4 Å². The van der Waals surface area contributed by atoms with Crippen molar-refractivity contribution in [1.82, 2.24) is 4.90 Å². The standard InChI is InChI=1S/C22H26N2O3/c1-15-12-16(2)14-20(13-15)27-11-10-24(3)22(26)18-6-8-19(9-7-18)23-21(25)17-4-5-17/h6-9,12-14,17H,4-5,10-11H2,1-3H3,(H,23,25). The lowest BCUT2D eigenvalue weighted by Crippen LogP contribution is -2.30. The summed E-state index contributed by atoms with van der Waals surface area (Å²) >= 11 is 0. The maximum atomic E-state index is 12.5. The molecular weight excluding hydrogens is 340 g/mol. The number of nitrogens with zero attached hydrogens (tertiary/aromatic N) is 1. The zero-order chi connectivity index (χ0) is 19.4. The Bertz CT molecular complexity index is 806. The maximum Gasteiger partial charge on any atom is 0.253 e. The van der Waals surface area contributed by atoms with E-state index in [2.05, 4.69) is 11.4 Å². The largest absolute Gasteiger partial charge is 0.492 e. The highest BCUT2D eigenvalue weighted by molar-refractivity contribution is 5.96. The summed E-state index contributed by atoms with van der Waals surface area (Å²) in [6, 6.07) is 13.1. The molecule has 2 aromatic carbocycles. The van der Waals surface area contributed by atoms with Crippen LogP contribution in [0.3, 0.4) is 0 Å². The van der Waals surface area contributed by atoms with Crippen LogP contribution >= 0.6 is 0 Å². The summed E-state index contributed by atoms with van der Waals surface area (Å²) in [6.07, 6.45) is 1.94. The lowest BCUT2D eigenvalue weighted by atomic mass is 10.1. The summed E-state index contributed by atoms with van der Waals surface area (Å²) in [7, 11) is 1.76. The average Bonchev–Trinajstić information content (AvgIpc) is 3.46. The molecule has 1 aliphatic carbocycles. The number of carbonyl (C=O) groups excluding carboxylic acids is 2. The third-order valence-electron chi connectivity index (χ3n) is 4.58. The highest BCUT2D eigenvalue weighted by atomic mass is 16.5. The van der Waals surface area contributed by atoms with Gasteiger partial charge in [0.25, 0.3) is 5.91 Å². The van der Waals surface area contributed by atoms with E-state index in [0.717, 1.165) is 35.4 Å². The van der Waals surface area contributed by atoms with Crippen molar-refractivity contribution in [2.24, 2.45) is 5.92 Å². The van der Waals surface area contributed by atoms with Crippen LogP contribution < -0.4 is 10.1 Å². The van der Waals surface area contributed by atoms with Crippen LogP contribution in [0.1, 0.15) is 34.3 Å². The Hall–Kier alpha value is -2.82. The van der Waals surface area contributed by atoms with Gasteiger partial charge in [0.05, 0.1) is 6.54 Å². The lowest BCUT2D eigenvalue weighted by Gasteiger charge is -2.18. The van der Waals surface area contributed by atoms with Crippen LogP contribution in [0.4, 0.5) is 5.69 Å². The van der Waals surface area contributed by atoms with E-state index in [1.807, 2.05) is 26.0 Å². The van der Waals surface area contributed by atoms with Crippen molar-refractivity contribution in [3.63, 3.8) is 0 Å². The first-order valence-corrected chi connectivity index (χ1v) is 9.30. The van der Waals surface area contributed by atoms with Crippen molar-refractivity contribution < 1.29 is 14.3 Å². The molecule has 5 nitrogen and oxygen atoms in total. The molecule has 2 amide bonds. The van der Waals surface area contributed by atoms with Crippen LogP contribution in [0.2, 0.25) is 0 Å². The number of hydrogen-bond donors (Lipinski definition) is 1. The van der Waals surface area contributed by atoms with Crippen LogP contribution in [-0.2, 0) is 4.79 Å². The third-order valence-corrected chi connectivity index (χ3v) is 4.58. The zero-order valence-electron chi connectivity index (χ0n) is 16.1. The Kier molecular flexibility index (Phi) is 5.79. The number of aryl methyl sites for hydroxylation is 2. The molecule has 0 heterocycles. The summed E-state index contributed by atoms with van der Waals surface area (Å²) in [6.45, 7) is 4.99. The summed E-state index contributed by atoms with van der Waals surface area (Å²) in [5.41, 5.74) is 3.63. The second-order valence-electron chi connectivity index (χ2n) is 7.24. The SMILES string of the molecule is Cc1cc(C)cc(OCCN(C)C(=O)c2ccc(NC(=O)C3CC3)cc2)c1. The van der Waals surface area contributed by atoms with Crippen LogP contribution in [0.25, 0.3) is 0 Å². The highest BCUT2D eigenvalue weighted by Gasteiger charge is 2.29. The molecule has 0 atom stereocenters. The first-order chi connectivity index (χ1) is 12.9. The van der Waals surface area contributed by atoms with E-state index >= 15 is 0 Å². The lowest BCUT2D eigenvalue weighted by molar-refractivity contribution is -0.117. The van der Waals surface area contributed by atoms with Crippen LogP contribution in [-0.4, -0.2) is 36.9 Å². The number of hydrogen-bond acceptors (Lipinski definition) is 3. The number of anilines is 1. The van der Waals surface area contributed by atoms with E-state index in [4.69, 9.17) is 4.74 Å². The summed E-state index contributed by atoms with van der Waals surface area (Å²) in [4.78, 5) is 25.9. The number of nitrogens with one attached hydrogen (secondary N) is 1. The first-order valence-electron chi connectivity index (χ1n) is 9.30. The predicted octanol–water partition coefficient (Wildman–Crippen LogP) is 3.80. The van der Waals surface area contributed by atoms with Gasteiger partial charge in [-0.05, 0) is 74.2 Å². The Balaban J connectivity index is 1.49. The summed E-state index contributed by atoms with van der Waals surface area (Å²) in [5, 5.41) is 2.88. The van der Waals surface area contributed by atoms with Crippen LogP contribution in [0.5, 0.6) is 5.75 Å². The van der Waals surface area contributed by atoms with Gasteiger partial charge in [0.15, 0.2) is 0 Å². The summed E-state index contributed by atoms with van der Waals surface area (Å²) < 4.78 is 5.77. The Morgan fingerprint density at radius 1 is 1.07 bits per heavy atom. The van der Waals surface area contributed by atoms with Gasteiger partial charge < -0.3 is 15.0 Å². The normalized spacial score (nSPS) is 13.1. The maximum absolute atomic E-state index is 12.5. The second kappa shape index (κ2) is 8.25. The fourth-order valence-electron chi connectivity index (χ4n) is 2.92. The molecule has 0 saturated heterocycles. The van der Waals surface area contributed by atoms with Crippen LogP contribution in [0, 0.1) is 19.8 Å². The molecule has 1 aliphatic rings. The molecule has 1 fully saturated rings. The molecule has 0 aliphatic heterocycles. The molecule has 0 aromatic heterocycles. The van der Waals surface area contributed by atoms with Gasteiger partial charge in [0.2, 0.25) is 5.91 Å². The van der Waals surface area contributed by atoms with E-state index < -0.39 is 0 Å².